The topological polar surface area (TPSA) is 60.1 Å². The van der Waals surface area contributed by atoms with Crippen LogP contribution in [-0.2, 0) is 0 Å². The summed E-state index contributed by atoms with van der Waals surface area (Å²) in [6.45, 7) is 0. The standard InChI is InChI=1S/C42H53N5/c1-3-13-27(14-4-1)39-45-40(28-15-5-2-6-16-28)47-42(46-39)32-20-12-18-30(26-32)29-17-11-19-31(25-29)41-43-37-35-23-9-7-21-33(35)34-22-8-10-24-36(34)38(37)44-41/h1-6,9-13,15,17-18,20,23-25,27-28,30-31,33-47H,7-8,14,16,19,21-22,26H2. The predicted molar refractivity (Wildman–Crippen MR) is 193 cm³/mol. The molecule has 0 radical (unpaired) electrons. The number of hydrogen-bond acceptors (Lipinski definition) is 5. The lowest BCUT2D eigenvalue weighted by Gasteiger charge is -2.50. The third-order valence-corrected chi connectivity index (χ3v) is 12.9. The molecule has 5 nitrogen and oxygen atoms in total. The zero-order chi connectivity index (χ0) is 31.2. The third-order valence-electron chi connectivity index (χ3n) is 12.9. The summed E-state index contributed by atoms with van der Waals surface area (Å²) in [6.07, 6.45) is 53.3. The molecule has 12 unspecified atom stereocenters. The highest BCUT2D eigenvalue weighted by molar-refractivity contribution is 5.37. The van der Waals surface area contributed by atoms with Gasteiger partial charge < -0.3 is 0 Å². The van der Waals surface area contributed by atoms with Crippen molar-refractivity contribution in [2.45, 2.75) is 88.1 Å². The molecule has 1 saturated carbocycles. The molecule has 0 amide bonds. The van der Waals surface area contributed by atoms with Gasteiger partial charge in [-0.3, -0.25) is 26.6 Å². The van der Waals surface area contributed by atoms with Crippen LogP contribution >= 0.6 is 0 Å². The van der Waals surface area contributed by atoms with E-state index in [9.17, 15) is 0 Å². The highest BCUT2D eigenvalue weighted by Gasteiger charge is 2.53. The number of hydrogen-bond donors (Lipinski definition) is 5. The SMILES string of the molecule is C1=CCC(C2NC(C3=CC=CC(C4=CC(C5NC6C7C=CCCC7C7CCC=CC7C6N5)CC=C4)C3)NC(C3C=CC=CC3)N2)C=C1. The smallest absolute Gasteiger partial charge is 0.0822 e. The molecule has 5 N–H and O–H groups in total. The van der Waals surface area contributed by atoms with Gasteiger partial charge in [-0.2, -0.15) is 0 Å². The van der Waals surface area contributed by atoms with Crippen LogP contribution in [0.15, 0.2) is 121 Å². The second kappa shape index (κ2) is 13.2. The van der Waals surface area contributed by atoms with Crippen LogP contribution in [0.5, 0.6) is 0 Å². The molecule has 0 spiro atoms. The summed E-state index contributed by atoms with van der Waals surface area (Å²) in [7, 11) is 0. The van der Waals surface area contributed by atoms with Gasteiger partial charge in [0.15, 0.2) is 0 Å². The van der Waals surface area contributed by atoms with Crippen LogP contribution in [0.3, 0.4) is 0 Å². The van der Waals surface area contributed by atoms with E-state index in [-0.39, 0.29) is 18.5 Å². The van der Waals surface area contributed by atoms with Crippen molar-refractivity contribution in [1.29, 1.82) is 0 Å². The zero-order valence-corrected chi connectivity index (χ0v) is 27.6. The van der Waals surface area contributed by atoms with E-state index in [0.717, 1.165) is 37.5 Å². The largest absolute Gasteiger partial charge is 0.296 e. The lowest BCUT2D eigenvalue weighted by Crippen LogP contribution is -2.71. The summed E-state index contributed by atoms with van der Waals surface area (Å²) in [5.41, 5.74) is 2.94. The first-order valence-electron chi connectivity index (χ1n) is 18.8. The van der Waals surface area contributed by atoms with E-state index in [1.54, 1.807) is 0 Å². The van der Waals surface area contributed by atoms with Crippen molar-refractivity contribution in [3.05, 3.63) is 121 Å². The Balaban J connectivity index is 0.909. The number of allylic oxidation sites excluding steroid dienone is 14. The molecule has 0 bridgehead atoms. The van der Waals surface area contributed by atoms with Crippen LogP contribution in [0.1, 0.15) is 51.4 Å². The molecule has 9 aliphatic rings. The molecule has 0 aromatic carbocycles. The van der Waals surface area contributed by atoms with Gasteiger partial charge in [-0.15, -0.1) is 0 Å². The van der Waals surface area contributed by atoms with Gasteiger partial charge in [-0.1, -0.05) is 109 Å². The molecule has 9 rings (SSSR count). The monoisotopic (exact) mass is 627 g/mol. The van der Waals surface area contributed by atoms with E-state index >= 15 is 0 Å². The first-order valence-corrected chi connectivity index (χ1v) is 18.8. The third kappa shape index (κ3) is 5.93. The molecule has 2 heterocycles. The lowest BCUT2D eigenvalue weighted by molar-refractivity contribution is 0.0734. The molecule has 3 fully saturated rings. The quantitative estimate of drug-likeness (QED) is 0.227. The minimum atomic E-state index is 0.149. The van der Waals surface area contributed by atoms with Gasteiger partial charge >= 0.3 is 0 Å². The molecule has 5 heteroatoms. The molecule has 7 aliphatic carbocycles. The molecule has 2 aliphatic heterocycles. The van der Waals surface area contributed by atoms with Crippen LogP contribution in [0.25, 0.3) is 0 Å². The van der Waals surface area contributed by atoms with Gasteiger partial charge in [0.25, 0.3) is 0 Å². The minimum absolute atomic E-state index is 0.149. The van der Waals surface area contributed by atoms with E-state index in [1.165, 1.54) is 36.8 Å². The molecular formula is C42H53N5. The maximum Gasteiger partial charge on any atom is 0.0822 e. The number of nitrogens with one attached hydrogen (secondary N) is 5. The van der Waals surface area contributed by atoms with Gasteiger partial charge in [0.1, 0.15) is 0 Å². The fourth-order valence-corrected chi connectivity index (χ4v) is 10.6. The average Bonchev–Trinajstić information content (AvgIpc) is 3.62. The number of rotatable bonds is 5. The Bertz CT molecular complexity index is 1410. The van der Waals surface area contributed by atoms with Crippen molar-refractivity contribution in [3.63, 3.8) is 0 Å². The van der Waals surface area contributed by atoms with E-state index in [1.807, 2.05) is 0 Å². The van der Waals surface area contributed by atoms with Gasteiger partial charge in [0, 0.05) is 35.8 Å². The normalized spacial score (nSPS) is 46.5. The molecular weight excluding hydrogens is 574 g/mol. The Morgan fingerprint density at radius 3 is 1.77 bits per heavy atom. The summed E-state index contributed by atoms with van der Waals surface area (Å²) in [6, 6.07) is 1.08. The fraction of sp³-hybridized carbons (Fsp3) is 0.524. The van der Waals surface area contributed by atoms with Crippen molar-refractivity contribution in [2.75, 3.05) is 0 Å². The first kappa shape index (κ1) is 30.3. The highest BCUT2D eigenvalue weighted by Crippen LogP contribution is 2.50. The maximum absolute atomic E-state index is 4.20. The van der Waals surface area contributed by atoms with Crippen LogP contribution in [-0.4, -0.2) is 36.7 Å². The summed E-state index contributed by atoms with van der Waals surface area (Å²) >= 11 is 0. The van der Waals surface area contributed by atoms with Gasteiger partial charge in [0.05, 0.1) is 24.7 Å². The molecule has 0 aromatic rings. The molecule has 0 aromatic heterocycles. The van der Waals surface area contributed by atoms with Gasteiger partial charge in [0.2, 0.25) is 0 Å². The van der Waals surface area contributed by atoms with Crippen LogP contribution in [0.2, 0.25) is 0 Å². The second-order valence-corrected chi connectivity index (χ2v) is 15.6. The predicted octanol–water partition coefficient (Wildman–Crippen LogP) is 6.45. The summed E-state index contributed by atoms with van der Waals surface area (Å²) in [5.74, 6) is 4.80. The van der Waals surface area contributed by atoms with E-state index in [2.05, 4.69) is 136 Å². The van der Waals surface area contributed by atoms with E-state index in [0.29, 0.717) is 53.8 Å². The Kier molecular flexibility index (Phi) is 8.53. The number of fused-ring (bicyclic) bond motifs is 6. The Labute approximate surface area is 282 Å². The van der Waals surface area contributed by atoms with Crippen LogP contribution in [0.4, 0.5) is 0 Å². The summed E-state index contributed by atoms with van der Waals surface area (Å²) < 4.78 is 0. The second-order valence-electron chi connectivity index (χ2n) is 15.6. The van der Waals surface area contributed by atoms with Gasteiger partial charge in [-0.25, -0.2) is 0 Å². The molecule has 246 valence electrons. The van der Waals surface area contributed by atoms with Crippen LogP contribution in [0, 0.1) is 47.3 Å². The molecule has 12 atom stereocenters. The van der Waals surface area contributed by atoms with Crippen molar-refractivity contribution >= 4 is 0 Å². The lowest BCUT2D eigenvalue weighted by atomic mass is 9.57. The van der Waals surface area contributed by atoms with Crippen molar-refractivity contribution in [3.8, 4) is 0 Å². The summed E-state index contributed by atoms with van der Waals surface area (Å²) in [5, 5.41) is 20.3. The molecule has 47 heavy (non-hydrogen) atoms. The Morgan fingerprint density at radius 1 is 0.532 bits per heavy atom. The first-order chi connectivity index (χ1) is 23.3. The highest BCUT2D eigenvalue weighted by atomic mass is 15.4. The van der Waals surface area contributed by atoms with Crippen LogP contribution < -0.4 is 26.6 Å². The fourth-order valence-electron chi connectivity index (χ4n) is 10.6. The zero-order valence-electron chi connectivity index (χ0n) is 27.6. The Hall–Kier alpha value is -2.80. The maximum atomic E-state index is 4.20. The van der Waals surface area contributed by atoms with E-state index in [4.69, 9.17) is 0 Å². The van der Waals surface area contributed by atoms with Crippen molar-refractivity contribution in [1.82, 2.24) is 26.6 Å². The summed E-state index contributed by atoms with van der Waals surface area (Å²) in [4.78, 5) is 0. The minimum Gasteiger partial charge on any atom is -0.296 e. The van der Waals surface area contributed by atoms with Crippen molar-refractivity contribution < 1.29 is 0 Å². The average molecular weight is 628 g/mol. The van der Waals surface area contributed by atoms with Crippen molar-refractivity contribution in [2.24, 2.45) is 47.3 Å². The molecule has 2 saturated heterocycles. The van der Waals surface area contributed by atoms with E-state index < -0.39 is 0 Å². The van der Waals surface area contributed by atoms with Gasteiger partial charge in [-0.05, 0) is 86.2 Å². The Morgan fingerprint density at radius 2 is 1.15 bits per heavy atom.